The molecule has 0 aliphatic heterocycles. The second-order valence-corrected chi connectivity index (χ2v) is 5.59. The molecule has 0 bridgehead atoms. The Bertz CT molecular complexity index is 544. The highest BCUT2D eigenvalue weighted by Crippen LogP contribution is 2.25. The highest BCUT2D eigenvalue weighted by atomic mass is 127. The third-order valence-electron chi connectivity index (χ3n) is 2.60. The van der Waals surface area contributed by atoms with Gasteiger partial charge in [0.1, 0.15) is 0 Å². The van der Waals surface area contributed by atoms with E-state index in [9.17, 15) is 0 Å². The van der Waals surface area contributed by atoms with E-state index in [0.717, 1.165) is 15.6 Å². The number of hydrogen-bond donors (Lipinski definition) is 1. The van der Waals surface area contributed by atoms with Crippen LogP contribution in [0.25, 0.3) is 11.5 Å². The smallest absolute Gasteiger partial charge is 0.257 e. The normalized spacial score (nSPS) is 12.7. The highest BCUT2D eigenvalue weighted by molar-refractivity contribution is 14.1. The number of aromatic nitrogens is 2. The van der Waals surface area contributed by atoms with E-state index in [1.54, 1.807) is 0 Å². The van der Waals surface area contributed by atoms with Crippen LogP contribution in [0.5, 0.6) is 0 Å². The van der Waals surface area contributed by atoms with Crippen molar-refractivity contribution in [2.24, 2.45) is 5.73 Å². The molecule has 18 heavy (non-hydrogen) atoms. The largest absolute Gasteiger partial charge is 0.334 e. The van der Waals surface area contributed by atoms with Crippen LogP contribution in [0.1, 0.15) is 19.2 Å². The van der Waals surface area contributed by atoms with Crippen molar-refractivity contribution in [1.82, 2.24) is 10.1 Å². The van der Waals surface area contributed by atoms with Crippen molar-refractivity contribution in [3.8, 4) is 11.5 Å². The van der Waals surface area contributed by atoms with E-state index in [4.69, 9.17) is 21.9 Å². The predicted molar refractivity (Wildman–Crippen MR) is 79.4 cm³/mol. The lowest BCUT2D eigenvalue weighted by Gasteiger charge is -2.02. The summed E-state index contributed by atoms with van der Waals surface area (Å²) in [5.74, 6) is 1.11. The fraction of sp³-hybridized carbons (Fsp3) is 0.333. The van der Waals surface area contributed by atoms with Crippen molar-refractivity contribution >= 4 is 34.2 Å². The molecule has 0 saturated carbocycles. The summed E-state index contributed by atoms with van der Waals surface area (Å²) >= 11 is 8.23. The number of halogens is 2. The summed E-state index contributed by atoms with van der Waals surface area (Å²) in [5, 5.41) is 4.60. The molecule has 4 nitrogen and oxygen atoms in total. The number of nitrogens with zero attached hydrogens (tertiary/aromatic N) is 2. The van der Waals surface area contributed by atoms with Gasteiger partial charge >= 0.3 is 0 Å². The summed E-state index contributed by atoms with van der Waals surface area (Å²) in [4.78, 5) is 4.32. The average molecular weight is 378 g/mol. The Balaban J connectivity index is 2.21. The molecule has 1 aromatic carbocycles. The summed E-state index contributed by atoms with van der Waals surface area (Å²) in [6.45, 7) is 2.03. The second-order valence-electron chi connectivity index (χ2n) is 4.02. The molecule has 0 amide bonds. The average Bonchev–Trinajstić information content (AvgIpc) is 2.81. The number of rotatable bonds is 4. The Kier molecular flexibility index (Phi) is 4.58. The van der Waals surface area contributed by atoms with E-state index in [1.807, 2.05) is 25.1 Å². The molecule has 1 unspecified atom stereocenters. The highest BCUT2D eigenvalue weighted by Gasteiger charge is 2.12. The minimum atomic E-state index is 0.0655. The fourth-order valence-electron chi connectivity index (χ4n) is 1.46. The maximum absolute atomic E-state index is 6.06. The maximum Gasteiger partial charge on any atom is 0.257 e. The Morgan fingerprint density at radius 1 is 1.50 bits per heavy atom. The van der Waals surface area contributed by atoms with Gasteiger partial charge in [-0.1, -0.05) is 23.7 Å². The van der Waals surface area contributed by atoms with Crippen LogP contribution in [0.15, 0.2) is 22.7 Å². The second kappa shape index (κ2) is 5.99. The summed E-state index contributed by atoms with van der Waals surface area (Å²) in [7, 11) is 0. The van der Waals surface area contributed by atoms with Crippen LogP contribution in [0, 0.1) is 3.57 Å². The van der Waals surface area contributed by atoms with Gasteiger partial charge in [0, 0.05) is 21.6 Å². The zero-order chi connectivity index (χ0) is 13.1. The number of benzene rings is 1. The first-order valence-electron chi connectivity index (χ1n) is 5.63. The Labute approximate surface area is 124 Å². The standard InChI is InChI=1S/C12H13ClIN3O/c1-2-8(15)6-11-16-12(18-17-11)7-3-4-10(14)9(13)5-7/h3-5,8H,2,6,15H2,1H3. The van der Waals surface area contributed by atoms with Gasteiger partial charge in [-0.15, -0.1) is 0 Å². The van der Waals surface area contributed by atoms with Crippen molar-refractivity contribution in [3.63, 3.8) is 0 Å². The molecular formula is C12H13ClIN3O. The van der Waals surface area contributed by atoms with Crippen molar-refractivity contribution in [2.75, 3.05) is 0 Å². The molecule has 96 valence electrons. The van der Waals surface area contributed by atoms with Gasteiger partial charge in [-0.3, -0.25) is 0 Å². The van der Waals surface area contributed by atoms with E-state index >= 15 is 0 Å². The van der Waals surface area contributed by atoms with Gasteiger partial charge in [-0.2, -0.15) is 4.98 Å². The van der Waals surface area contributed by atoms with Gasteiger partial charge in [-0.05, 0) is 47.2 Å². The van der Waals surface area contributed by atoms with Crippen molar-refractivity contribution < 1.29 is 4.52 Å². The zero-order valence-electron chi connectivity index (χ0n) is 9.86. The molecule has 0 radical (unpaired) electrons. The summed E-state index contributed by atoms with van der Waals surface area (Å²) in [6.07, 6.45) is 1.51. The molecule has 0 aliphatic carbocycles. The van der Waals surface area contributed by atoms with Crippen molar-refractivity contribution in [3.05, 3.63) is 32.6 Å². The Hall–Kier alpha value is -0.660. The van der Waals surface area contributed by atoms with Crippen molar-refractivity contribution in [2.45, 2.75) is 25.8 Å². The van der Waals surface area contributed by atoms with E-state index in [-0.39, 0.29) is 6.04 Å². The molecule has 6 heteroatoms. The van der Waals surface area contributed by atoms with E-state index < -0.39 is 0 Å². The fourth-order valence-corrected chi connectivity index (χ4v) is 1.98. The molecule has 1 heterocycles. The van der Waals surface area contributed by atoms with Crippen LogP contribution >= 0.6 is 34.2 Å². The number of hydrogen-bond acceptors (Lipinski definition) is 4. The minimum Gasteiger partial charge on any atom is -0.334 e. The molecule has 2 N–H and O–H groups in total. The first kappa shape index (κ1) is 13.8. The van der Waals surface area contributed by atoms with Crippen LogP contribution in [0.2, 0.25) is 5.02 Å². The lowest BCUT2D eigenvalue weighted by atomic mass is 10.1. The van der Waals surface area contributed by atoms with E-state index in [1.165, 1.54) is 0 Å². The minimum absolute atomic E-state index is 0.0655. The lowest BCUT2D eigenvalue weighted by molar-refractivity contribution is 0.419. The Morgan fingerprint density at radius 2 is 2.28 bits per heavy atom. The van der Waals surface area contributed by atoms with Gasteiger partial charge in [0.2, 0.25) is 0 Å². The Morgan fingerprint density at radius 3 is 2.94 bits per heavy atom. The SMILES string of the molecule is CCC(N)Cc1noc(-c2ccc(I)c(Cl)c2)n1. The first-order chi connectivity index (χ1) is 8.60. The predicted octanol–water partition coefficient (Wildman–Crippen LogP) is 3.27. The van der Waals surface area contributed by atoms with E-state index in [0.29, 0.717) is 23.2 Å². The molecule has 0 aliphatic rings. The summed E-state index contributed by atoms with van der Waals surface area (Å²) < 4.78 is 6.20. The maximum atomic E-state index is 6.06. The molecular weight excluding hydrogens is 365 g/mol. The molecule has 1 aromatic heterocycles. The van der Waals surface area contributed by atoms with Gasteiger partial charge < -0.3 is 10.3 Å². The third-order valence-corrected chi connectivity index (χ3v) is 4.18. The number of nitrogens with two attached hydrogens (primary N) is 1. The van der Waals surface area contributed by atoms with Crippen LogP contribution in [0.4, 0.5) is 0 Å². The molecule has 0 spiro atoms. The quantitative estimate of drug-likeness (QED) is 0.831. The van der Waals surface area contributed by atoms with Gasteiger partial charge in [0.25, 0.3) is 5.89 Å². The molecule has 1 atom stereocenters. The van der Waals surface area contributed by atoms with Gasteiger partial charge in [0.15, 0.2) is 5.82 Å². The summed E-state index contributed by atoms with van der Waals surface area (Å²) in [6, 6.07) is 5.71. The zero-order valence-corrected chi connectivity index (χ0v) is 12.8. The lowest BCUT2D eigenvalue weighted by Crippen LogP contribution is -2.21. The first-order valence-corrected chi connectivity index (χ1v) is 7.09. The van der Waals surface area contributed by atoms with Crippen molar-refractivity contribution in [1.29, 1.82) is 0 Å². The van der Waals surface area contributed by atoms with E-state index in [2.05, 4.69) is 32.7 Å². The van der Waals surface area contributed by atoms with Crippen LogP contribution in [-0.4, -0.2) is 16.2 Å². The van der Waals surface area contributed by atoms with Gasteiger partial charge in [0.05, 0.1) is 5.02 Å². The molecule has 2 rings (SSSR count). The third kappa shape index (κ3) is 3.21. The van der Waals surface area contributed by atoms with Crippen LogP contribution < -0.4 is 5.73 Å². The van der Waals surface area contributed by atoms with Crippen LogP contribution in [0.3, 0.4) is 0 Å². The molecule has 0 fully saturated rings. The molecule has 0 saturated heterocycles. The topological polar surface area (TPSA) is 64.9 Å². The molecule has 2 aromatic rings. The van der Waals surface area contributed by atoms with Crippen LogP contribution in [-0.2, 0) is 6.42 Å². The van der Waals surface area contributed by atoms with Gasteiger partial charge in [-0.25, -0.2) is 0 Å². The summed E-state index contributed by atoms with van der Waals surface area (Å²) in [5.41, 5.74) is 6.68. The monoisotopic (exact) mass is 377 g/mol.